The smallest absolute Gasteiger partial charge is 0.152 e. The van der Waals surface area contributed by atoms with Gasteiger partial charge in [0.25, 0.3) is 0 Å². The van der Waals surface area contributed by atoms with E-state index in [1.165, 1.54) is 6.33 Å². The van der Waals surface area contributed by atoms with Gasteiger partial charge in [-0.3, -0.25) is 0 Å². The van der Waals surface area contributed by atoms with Gasteiger partial charge in [0.15, 0.2) is 5.82 Å². The number of fused-ring (bicyclic) bond motifs is 1. The molecule has 5 nitrogen and oxygen atoms in total. The Morgan fingerprint density at radius 2 is 2.36 bits per heavy atom. The SMILES string of the molecule is Cc1c(CO)c(Br)c2c(N)ncnn12. The Morgan fingerprint density at radius 3 is 2.93 bits per heavy atom. The molecule has 2 heterocycles. The van der Waals surface area contributed by atoms with E-state index in [2.05, 4.69) is 26.0 Å². The summed E-state index contributed by atoms with van der Waals surface area (Å²) in [5.74, 6) is 0.398. The average molecular weight is 257 g/mol. The number of rotatable bonds is 1. The summed E-state index contributed by atoms with van der Waals surface area (Å²) in [4.78, 5) is 3.89. The van der Waals surface area contributed by atoms with Crippen LogP contribution in [0.4, 0.5) is 5.82 Å². The molecule has 3 N–H and O–H groups in total. The van der Waals surface area contributed by atoms with Crippen LogP contribution < -0.4 is 5.73 Å². The summed E-state index contributed by atoms with van der Waals surface area (Å²) in [6.45, 7) is 1.82. The summed E-state index contributed by atoms with van der Waals surface area (Å²) in [6, 6.07) is 0. The summed E-state index contributed by atoms with van der Waals surface area (Å²) in [5.41, 5.74) is 8.07. The highest BCUT2D eigenvalue weighted by Gasteiger charge is 2.15. The van der Waals surface area contributed by atoms with Crippen molar-refractivity contribution in [1.82, 2.24) is 14.6 Å². The molecule has 0 aliphatic carbocycles. The lowest BCUT2D eigenvalue weighted by Gasteiger charge is -1.97. The Bertz CT molecular complexity index is 494. The van der Waals surface area contributed by atoms with Gasteiger partial charge in [-0.05, 0) is 22.9 Å². The number of anilines is 1. The summed E-state index contributed by atoms with van der Waals surface area (Å²) < 4.78 is 2.42. The largest absolute Gasteiger partial charge is 0.392 e. The van der Waals surface area contributed by atoms with Crippen LogP contribution in [0.2, 0.25) is 0 Å². The molecule has 0 saturated carbocycles. The zero-order valence-corrected chi connectivity index (χ0v) is 9.11. The van der Waals surface area contributed by atoms with Crippen molar-refractivity contribution in [2.75, 3.05) is 5.73 Å². The summed E-state index contributed by atoms with van der Waals surface area (Å²) >= 11 is 3.37. The van der Waals surface area contributed by atoms with Gasteiger partial charge >= 0.3 is 0 Å². The van der Waals surface area contributed by atoms with Crippen LogP contribution in [0.15, 0.2) is 10.8 Å². The third kappa shape index (κ3) is 1.11. The summed E-state index contributed by atoms with van der Waals surface area (Å²) in [5, 5.41) is 13.2. The first-order valence-corrected chi connectivity index (χ1v) is 4.83. The second kappa shape index (κ2) is 3.21. The van der Waals surface area contributed by atoms with Crippen molar-refractivity contribution in [2.45, 2.75) is 13.5 Å². The van der Waals surface area contributed by atoms with E-state index in [1.807, 2.05) is 6.92 Å². The first-order chi connectivity index (χ1) is 6.66. The molecule has 0 unspecified atom stereocenters. The summed E-state index contributed by atoms with van der Waals surface area (Å²) in [7, 11) is 0. The van der Waals surface area contributed by atoms with Crippen LogP contribution in [-0.4, -0.2) is 19.7 Å². The Balaban J connectivity index is 2.94. The molecular formula is C8H9BrN4O. The maximum absolute atomic E-state index is 9.16. The van der Waals surface area contributed by atoms with Crippen LogP contribution in [0.3, 0.4) is 0 Å². The third-order valence-corrected chi connectivity index (χ3v) is 3.06. The molecule has 74 valence electrons. The third-order valence-electron chi connectivity index (χ3n) is 2.20. The predicted octanol–water partition coefficient (Wildman–Crippen LogP) is 0.875. The fourth-order valence-corrected chi connectivity index (χ4v) is 2.22. The highest BCUT2D eigenvalue weighted by atomic mass is 79.9. The van der Waals surface area contributed by atoms with Gasteiger partial charge in [0.05, 0.1) is 11.1 Å². The number of nitrogens with zero attached hydrogens (tertiary/aromatic N) is 3. The normalized spacial score (nSPS) is 11.1. The molecule has 0 spiro atoms. The van der Waals surface area contributed by atoms with E-state index < -0.39 is 0 Å². The minimum atomic E-state index is -0.0464. The number of aliphatic hydroxyl groups is 1. The zero-order valence-electron chi connectivity index (χ0n) is 7.53. The molecule has 2 rings (SSSR count). The van der Waals surface area contributed by atoms with E-state index in [9.17, 15) is 0 Å². The predicted molar refractivity (Wildman–Crippen MR) is 55.8 cm³/mol. The van der Waals surface area contributed by atoms with Gasteiger partial charge in [0.2, 0.25) is 0 Å². The quantitative estimate of drug-likeness (QED) is 0.794. The maximum Gasteiger partial charge on any atom is 0.152 e. The van der Waals surface area contributed by atoms with E-state index in [0.29, 0.717) is 11.3 Å². The standard InChI is InChI=1S/C8H9BrN4O/c1-4-5(2-14)6(9)7-8(10)11-3-12-13(4)7/h3,14H,2H2,1H3,(H2,10,11,12). The van der Waals surface area contributed by atoms with E-state index in [4.69, 9.17) is 10.8 Å². The molecule has 0 saturated heterocycles. The molecule has 0 atom stereocenters. The number of aryl methyl sites for hydroxylation is 1. The molecule has 0 aliphatic heterocycles. The minimum Gasteiger partial charge on any atom is -0.392 e. The number of nitrogens with two attached hydrogens (primary N) is 1. The van der Waals surface area contributed by atoms with Crippen LogP contribution in [0.5, 0.6) is 0 Å². The minimum absolute atomic E-state index is 0.0464. The molecule has 2 aromatic heterocycles. The van der Waals surface area contributed by atoms with Crippen LogP contribution in [0.1, 0.15) is 11.3 Å². The number of nitrogen functional groups attached to an aromatic ring is 1. The molecule has 0 amide bonds. The lowest BCUT2D eigenvalue weighted by atomic mass is 10.3. The van der Waals surface area contributed by atoms with Gasteiger partial charge in [0, 0.05) is 11.3 Å². The Kier molecular flexibility index (Phi) is 2.16. The van der Waals surface area contributed by atoms with Crippen molar-refractivity contribution in [3.63, 3.8) is 0 Å². The number of halogens is 1. The lowest BCUT2D eigenvalue weighted by Crippen LogP contribution is -2.00. The van der Waals surface area contributed by atoms with E-state index in [-0.39, 0.29) is 6.61 Å². The second-order valence-electron chi connectivity index (χ2n) is 2.94. The Morgan fingerprint density at radius 1 is 1.64 bits per heavy atom. The van der Waals surface area contributed by atoms with E-state index in [0.717, 1.165) is 15.7 Å². The first kappa shape index (κ1) is 9.42. The lowest BCUT2D eigenvalue weighted by molar-refractivity contribution is 0.280. The average Bonchev–Trinajstić information content (AvgIpc) is 2.41. The van der Waals surface area contributed by atoms with Crippen molar-refractivity contribution >= 4 is 27.3 Å². The number of hydrogen-bond acceptors (Lipinski definition) is 4. The molecule has 0 aromatic carbocycles. The van der Waals surface area contributed by atoms with Gasteiger partial charge in [-0.2, -0.15) is 5.10 Å². The van der Waals surface area contributed by atoms with Gasteiger partial charge < -0.3 is 10.8 Å². The molecular weight excluding hydrogens is 248 g/mol. The molecule has 0 fully saturated rings. The van der Waals surface area contributed by atoms with E-state index in [1.54, 1.807) is 4.52 Å². The van der Waals surface area contributed by atoms with Gasteiger partial charge in [0.1, 0.15) is 11.8 Å². The number of aromatic nitrogens is 3. The fraction of sp³-hybridized carbons (Fsp3) is 0.250. The highest BCUT2D eigenvalue weighted by molar-refractivity contribution is 9.10. The van der Waals surface area contributed by atoms with Crippen LogP contribution in [0.25, 0.3) is 5.52 Å². The summed E-state index contributed by atoms with van der Waals surface area (Å²) in [6.07, 6.45) is 1.39. The van der Waals surface area contributed by atoms with Gasteiger partial charge in [-0.25, -0.2) is 9.50 Å². The molecule has 0 radical (unpaired) electrons. The monoisotopic (exact) mass is 256 g/mol. The zero-order chi connectivity index (χ0) is 10.3. The van der Waals surface area contributed by atoms with Crippen molar-refractivity contribution in [1.29, 1.82) is 0 Å². The van der Waals surface area contributed by atoms with Crippen molar-refractivity contribution in [3.8, 4) is 0 Å². The maximum atomic E-state index is 9.16. The molecule has 0 bridgehead atoms. The van der Waals surface area contributed by atoms with Gasteiger partial charge in [-0.15, -0.1) is 0 Å². The molecule has 6 heteroatoms. The number of hydrogen-bond donors (Lipinski definition) is 2. The van der Waals surface area contributed by atoms with Crippen LogP contribution in [0, 0.1) is 6.92 Å². The molecule has 0 aliphatic rings. The van der Waals surface area contributed by atoms with Crippen molar-refractivity contribution in [2.24, 2.45) is 0 Å². The Hall–Kier alpha value is -1.14. The number of aliphatic hydroxyl groups excluding tert-OH is 1. The molecule has 14 heavy (non-hydrogen) atoms. The molecule has 2 aromatic rings. The van der Waals surface area contributed by atoms with E-state index >= 15 is 0 Å². The van der Waals surface area contributed by atoms with Crippen LogP contribution in [-0.2, 0) is 6.61 Å². The van der Waals surface area contributed by atoms with Gasteiger partial charge in [-0.1, -0.05) is 0 Å². The van der Waals surface area contributed by atoms with Crippen molar-refractivity contribution in [3.05, 3.63) is 22.1 Å². The van der Waals surface area contributed by atoms with Crippen molar-refractivity contribution < 1.29 is 5.11 Å². The topological polar surface area (TPSA) is 76.4 Å². The highest BCUT2D eigenvalue weighted by Crippen LogP contribution is 2.30. The fourth-order valence-electron chi connectivity index (χ4n) is 1.44. The van der Waals surface area contributed by atoms with Crippen LogP contribution >= 0.6 is 15.9 Å². The second-order valence-corrected chi connectivity index (χ2v) is 3.73. The first-order valence-electron chi connectivity index (χ1n) is 4.03. The Labute approximate surface area is 88.7 Å².